The second-order valence-electron chi connectivity index (χ2n) is 3.86. The Hall–Kier alpha value is -1.02. The van der Waals surface area contributed by atoms with Gasteiger partial charge in [0, 0.05) is 6.61 Å². The molecule has 84 valence electrons. The Kier molecular flexibility index (Phi) is 4.63. The summed E-state index contributed by atoms with van der Waals surface area (Å²) in [6.45, 7) is 4.50. The lowest BCUT2D eigenvalue weighted by atomic mass is 9.98. The first-order valence-electron chi connectivity index (χ1n) is 5.44. The van der Waals surface area contributed by atoms with Gasteiger partial charge in [0.05, 0.1) is 7.11 Å². The zero-order valence-electron chi connectivity index (χ0n) is 9.84. The fraction of sp³-hybridized carbons (Fsp3) is 0.538. The van der Waals surface area contributed by atoms with E-state index in [0.717, 1.165) is 25.0 Å². The maximum Gasteiger partial charge on any atom is 0.122 e. The third kappa shape index (κ3) is 2.96. The zero-order valence-corrected chi connectivity index (χ0v) is 9.84. The number of aryl methyl sites for hydroxylation is 1. The van der Waals surface area contributed by atoms with Gasteiger partial charge in [-0.2, -0.15) is 0 Å². The fourth-order valence-corrected chi connectivity index (χ4v) is 1.77. The highest BCUT2D eigenvalue weighted by Crippen LogP contribution is 2.24. The van der Waals surface area contributed by atoms with Crippen LogP contribution in [0, 0.1) is 13.8 Å². The maximum absolute atomic E-state index is 8.73. The predicted octanol–water partition coefficient (Wildman–Crippen LogP) is 2.63. The maximum atomic E-state index is 8.73. The molecule has 1 aromatic carbocycles. The van der Waals surface area contributed by atoms with Crippen molar-refractivity contribution in [1.82, 2.24) is 0 Å². The van der Waals surface area contributed by atoms with Crippen LogP contribution in [0.2, 0.25) is 0 Å². The highest BCUT2D eigenvalue weighted by molar-refractivity contribution is 5.43. The zero-order chi connectivity index (χ0) is 11.3. The summed E-state index contributed by atoms with van der Waals surface area (Å²) in [5.41, 5.74) is 3.90. The number of rotatable bonds is 5. The molecule has 0 aliphatic carbocycles. The topological polar surface area (TPSA) is 29.5 Å². The molecule has 2 heteroatoms. The van der Waals surface area contributed by atoms with Crippen LogP contribution >= 0.6 is 0 Å². The SMILES string of the molecule is COc1ccc(CCCCO)c(C)c1C. The second-order valence-corrected chi connectivity index (χ2v) is 3.86. The van der Waals surface area contributed by atoms with Gasteiger partial charge in [-0.1, -0.05) is 6.07 Å². The van der Waals surface area contributed by atoms with E-state index in [1.807, 2.05) is 6.07 Å². The molecule has 0 fully saturated rings. The highest BCUT2D eigenvalue weighted by Gasteiger charge is 2.05. The van der Waals surface area contributed by atoms with E-state index in [0.29, 0.717) is 0 Å². The lowest BCUT2D eigenvalue weighted by Gasteiger charge is -2.12. The van der Waals surface area contributed by atoms with Crippen molar-refractivity contribution in [2.75, 3.05) is 13.7 Å². The summed E-state index contributed by atoms with van der Waals surface area (Å²) in [5.74, 6) is 0.957. The molecule has 0 aromatic heterocycles. The molecule has 0 saturated carbocycles. The van der Waals surface area contributed by atoms with E-state index in [1.165, 1.54) is 16.7 Å². The minimum absolute atomic E-state index is 0.286. The summed E-state index contributed by atoms with van der Waals surface area (Å²) in [5, 5.41) is 8.73. The first-order chi connectivity index (χ1) is 7.20. The number of methoxy groups -OCH3 is 1. The van der Waals surface area contributed by atoms with Crippen LogP contribution in [0.3, 0.4) is 0 Å². The first-order valence-corrected chi connectivity index (χ1v) is 5.44. The molecule has 0 radical (unpaired) electrons. The number of hydrogen-bond acceptors (Lipinski definition) is 2. The van der Waals surface area contributed by atoms with Crippen molar-refractivity contribution >= 4 is 0 Å². The van der Waals surface area contributed by atoms with Crippen molar-refractivity contribution in [2.45, 2.75) is 33.1 Å². The molecule has 1 aromatic rings. The van der Waals surface area contributed by atoms with Gasteiger partial charge >= 0.3 is 0 Å². The number of benzene rings is 1. The van der Waals surface area contributed by atoms with Crippen molar-refractivity contribution in [3.05, 3.63) is 28.8 Å². The molecule has 15 heavy (non-hydrogen) atoms. The lowest BCUT2D eigenvalue weighted by molar-refractivity contribution is 0.284. The Morgan fingerprint density at radius 2 is 1.87 bits per heavy atom. The second kappa shape index (κ2) is 5.76. The molecule has 0 aliphatic rings. The van der Waals surface area contributed by atoms with E-state index in [9.17, 15) is 0 Å². The monoisotopic (exact) mass is 208 g/mol. The number of aliphatic hydroxyl groups excluding tert-OH is 1. The molecule has 0 saturated heterocycles. The van der Waals surface area contributed by atoms with Gasteiger partial charge in [-0.15, -0.1) is 0 Å². The smallest absolute Gasteiger partial charge is 0.122 e. The number of hydrogen-bond donors (Lipinski definition) is 1. The third-order valence-electron chi connectivity index (χ3n) is 2.92. The summed E-state index contributed by atoms with van der Waals surface area (Å²) in [6, 6.07) is 4.15. The summed E-state index contributed by atoms with van der Waals surface area (Å²) < 4.78 is 5.27. The van der Waals surface area contributed by atoms with Crippen molar-refractivity contribution in [2.24, 2.45) is 0 Å². The van der Waals surface area contributed by atoms with Crippen molar-refractivity contribution in [3.8, 4) is 5.75 Å². The van der Waals surface area contributed by atoms with Crippen molar-refractivity contribution < 1.29 is 9.84 Å². The Morgan fingerprint density at radius 3 is 2.47 bits per heavy atom. The van der Waals surface area contributed by atoms with E-state index in [-0.39, 0.29) is 6.61 Å². The molecule has 0 atom stereocenters. The Bertz CT molecular complexity index is 319. The molecule has 0 spiro atoms. The molecule has 2 nitrogen and oxygen atoms in total. The van der Waals surface area contributed by atoms with Crippen LogP contribution in [0.5, 0.6) is 5.75 Å². The van der Waals surface area contributed by atoms with E-state index in [2.05, 4.69) is 19.9 Å². The Morgan fingerprint density at radius 1 is 1.13 bits per heavy atom. The lowest BCUT2D eigenvalue weighted by Crippen LogP contribution is -1.97. The average molecular weight is 208 g/mol. The van der Waals surface area contributed by atoms with Crippen LogP contribution in [0.1, 0.15) is 29.5 Å². The van der Waals surface area contributed by atoms with Gasteiger partial charge in [0.2, 0.25) is 0 Å². The molecule has 1 rings (SSSR count). The molecule has 0 aliphatic heterocycles. The molecular formula is C13H20O2. The van der Waals surface area contributed by atoms with Crippen molar-refractivity contribution in [3.63, 3.8) is 0 Å². The first kappa shape index (κ1) is 12.1. The van der Waals surface area contributed by atoms with Crippen LogP contribution in [0.4, 0.5) is 0 Å². The van der Waals surface area contributed by atoms with Crippen molar-refractivity contribution in [1.29, 1.82) is 0 Å². The van der Waals surface area contributed by atoms with E-state index < -0.39 is 0 Å². The van der Waals surface area contributed by atoms with Gasteiger partial charge in [0.15, 0.2) is 0 Å². The van der Waals surface area contributed by atoms with Crippen LogP contribution in [0.25, 0.3) is 0 Å². The Balaban J connectivity index is 2.77. The van der Waals surface area contributed by atoms with E-state index in [4.69, 9.17) is 9.84 Å². The molecule has 1 N–H and O–H groups in total. The van der Waals surface area contributed by atoms with E-state index >= 15 is 0 Å². The standard InChI is InChI=1S/C13H20O2/c1-10-11(2)13(15-3)8-7-12(10)6-4-5-9-14/h7-8,14H,4-6,9H2,1-3H3. The van der Waals surface area contributed by atoms with Gasteiger partial charge in [0.1, 0.15) is 5.75 Å². The van der Waals surface area contributed by atoms with Crippen LogP contribution in [0.15, 0.2) is 12.1 Å². The number of ether oxygens (including phenoxy) is 1. The molecule has 0 unspecified atom stereocenters. The van der Waals surface area contributed by atoms with Crippen LogP contribution < -0.4 is 4.74 Å². The largest absolute Gasteiger partial charge is 0.496 e. The molecule has 0 amide bonds. The van der Waals surface area contributed by atoms with Gasteiger partial charge in [-0.05, 0) is 55.9 Å². The normalized spacial score (nSPS) is 10.4. The highest BCUT2D eigenvalue weighted by atomic mass is 16.5. The van der Waals surface area contributed by atoms with Gasteiger partial charge < -0.3 is 9.84 Å². The quantitative estimate of drug-likeness (QED) is 0.754. The minimum atomic E-state index is 0.286. The fourth-order valence-electron chi connectivity index (χ4n) is 1.77. The number of aliphatic hydroxyl groups is 1. The van der Waals surface area contributed by atoms with Crippen LogP contribution in [-0.2, 0) is 6.42 Å². The molecule has 0 bridgehead atoms. The van der Waals surface area contributed by atoms with Crippen LogP contribution in [-0.4, -0.2) is 18.8 Å². The number of unbranched alkanes of at least 4 members (excludes halogenated alkanes) is 1. The molecule has 0 heterocycles. The van der Waals surface area contributed by atoms with Gasteiger partial charge in [-0.3, -0.25) is 0 Å². The third-order valence-corrected chi connectivity index (χ3v) is 2.92. The molecular weight excluding hydrogens is 188 g/mol. The summed E-state index contributed by atoms with van der Waals surface area (Å²) in [4.78, 5) is 0. The summed E-state index contributed by atoms with van der Waals surface area (Å²) in [7, 11) is 1.70. The van der Waals surface area contributed by atoms with E-state index in [1.54, 1.807) is 7.11 Å². The Labute approximate surface area is 91.9 Å². The predicted molar refractivity (Wildman–Crippen MR) is 62.5 cm³/mol. The summed E-state index contributed by atoms with van der Waals surface area (Å²) >= 11 is 0. The van der Waals surface area contributed by atoms with Gasteiger partial charge in [-0.25, -0.2) is 0 Å². The minimum Gasteiger partial charge on any atom is -0.496 e. The van der Waals surface area contributed by atoms with Gasteiger partial charge in [0.25, 0.3) is 0 Å². The average Bonchev–Trinajstić information content (AvgIpc) is 2.25. The summed E-state index contributed by atoms with van der Waals surface area (Å²) in [6.07, 6.45) is 2.96.